The SMILES string of the molecule is COCCCN(CCOC)C[C@H](C)N. The van der Waals surface area contributed by atoms with Gasteiger partial charge in [-0.25, -0.2) is 0 Å². The Labute approximate surface area is 87.4 Å². The van der Waals surface area contributed by atoms with Crippen LogP contribution in [0.1, 0.15) is 13.3 Å². The standard InChI is InChI=1S/C10H24N2O2/c1-10(11)9-12(6-8-14-3)5-4-7-13-2/h10H,4-9,11H2,1-3H3/t10-/m0/s1. The van der Waals surface area contributed by atoms with Crippen LogP contribution < -0.4 is 5.73 Å². The van der Waals surface area contributed by atoms with Crippen LogP contribution in [0.3, 0.4) is 0 Å². The Bertz CT molecular complexity index is 121. The normalized spacial score (nSPS) is 13.5. The van der Waals surface area contributed by atoms with Gasteiger partial charge in [0.05, 0.1) is 6.61 Å². The average molecular weight is 204 g/mol. The van der Waals surface area contributed by atoms with E-state index in [-0.39, 0.29) is 6.04 Å². The lowest BCUT2D eigenvalue weighted by Crippen LogP contribution is -2.38. The molecule has 0 unspecified atom stereocenters. The first-order valence-corrected chi connectivity index (χ1v) is 5.16. The van der Waals surface area contributed by atoms with Crippen molar-refractivity contribution in [3.63, 3.8) is 0 Å². The van der Waals surface area contributed by atoms with Crippen LogP contribution in [0.5, 0.6) is 0 Å². The van der Waals surface area contributed by atoms with E-state index < -0.39 is 0 Å². The molecule has 86 valence electrons. The third-order valence-corrected chi connectivity index (χ3v) is 1.98. The van der Waals surface area contributed by atoms with Crippen molar-refractivity contribution in [1.29, 1.82) is 0 Å². The molecule has 0 radical (unpaired) electrons. The first-order valence-electron chi connectivity index (χ1n) is 5.16. The van der Waals surface area contributed by atoms with E-state index in [0.717, 1.165) is 39.3 Å². The number of hydrogen-bond donors (Lipinski definition) is 1. The van der Waals surface area contributed by atoms with Gasteiger partial charge < -0.3 is 15.2 Å². The third-order valence-electron chi connectivity index (χ3n) is 1.98. The van der Waals surface area contributed by atoms with Crippen LogP contribution in [0.2, 0.25) is 0 Å². The number of hydrogen-bond acceptors (Lipinski definition) is 4. The summed E-state index contributed by atoms with van der Waals surface area (Å²) in [7, 11) is 3.45. The molecule has 0 fully saturated rings. The predicted molar refractivity (Wildman–Crippen MR) is 58.5 cm³/mol. The molecular weight excluding hydrogens is 180 g/mol. The Kier molecular flexibility index (Phi) is 9.29. The second kappa shape index (κ2) is 9.40. The van der Waals surface area contributed by atoms with Crippen molar-refractivity contribution in [3.8, 4) is 0 Å². The van der Waals surface area contributed by atoms with Gasteiger partial charge in [-0.2, -0.15) is 0 Å². The Morgan fingerprint density at radius 3 is 2.29 bits per heavy atom. The maximum atomic E-state index is 5.76. The van der Waals surface area contributed by atoms with Gasteiger partial charge in [-0.1, -0.05) is 0 Å². The van der Waals surface area contributed by atoms with E-state index in [1.54, 1.807) is 14.2 Å². The van der Waals surface area contributed by atoms with Crippen molar-refractivity contribution >= 4 is 0 Å². The first-order chi connectivity index (χ1) is 6.70. The van der Waals surface area contributed by atoms with Crippen molar-refractivity contribution in [2.45, 2.75) is 19.4 Å². The zero-order valence-electron chi connectivity index (χ0n) is 9.66. The molecule has 2 N–H and O–H groups in total. The summed E-state index contributed by atoms with van der Waals surface area (Å²) >= 11 is 0. The van der Waals surface area contributed by atoms with Gasteiger partial charge in [0.1, 0.15) is 0 Å². The largest absolute Gasteiger partial charge is 0.385 e. The minimum absolute atomic E-state index is 0.217. The second-order valence-electron chi connectivity index (χ2n) is 3.62. The molecule has 4 heteroatoms. The topological polar surface area (TPSA) is 47.7 Å². The molecule has 0 bridgehead atoms. The fraction of sp³-hybridized carbons (Fsp3) is 1.00. The van der Waals surface area contributed by atoms with Crippen molar-refractivity contribution in [1.82, 2.24) is 4.90 Å². The molecule has 0 aromatic carbocycles. The smallest absolute Gasteiger partial charge is 0.0589 e. The summed E-state index contributed by atoms with van der Waals surface area (Å²) in [5.41, 5.74) is 5.76. The highest BCUT2D eigenvalue weighted by Gasteiger charge is 2.06. The highest BCUT2D eigenvalue weighted by Crippen LogP contribution is 1.94. The number of rotatable bonds is 9. The maximum Gasteiger partial charge on any atom is 0.0589 e. The molecule has 14 heavy (non-hydrogen) atoms. The summed E-state index contributed by atoms with van der Waals surface area (Å²) in [5, 5.41) is 0. The van der Waals surface area contributed by atoms with Gasteiger partial charge in [0.15, 0.2) is 0 Å². The van der Waals surface area contributed by atoms with Crippen molar-refractivity contribution < 1.29 is 9.47 Å². The van der Waals surface area contributed by atoms with Gasteiger partial charge in [0.2, 0.25) is 0 Å². The Morgan fingerprint density at radius 2 is 1.79 bits per heavy atom. The maximum absolute atomic E-state index is 5.76. The van der Waals surface area contributed by atoms with Crippen LogP contribution >= 0.6 is 0 Å². The predicted octanol–water partition coefficient (Wildman–Crippen LogP) is 0.319. The van der Waals surface area contributed by atoms with E-state index in [1.165, 1.54) is 0 Å². The average Bonchev–Trinajstić information content (AvgIpc) is 2.13. The summed E-state index contributed by atoms with van der Waals surface area (Å²) < 4.78 is 10.1. The van der Waals surface area contributed by atoms with Crippen LogP contribution in [0.4, 0.5) is 0 Å². The molecule has 0 heterocycles. The second-order valence-corrected chi connectivity index (χ2v) is 3.62. The molecule has 0 aliphatic heterocycles. The van der Waals surface area contributed by atoms with E-state index in [2.05, 4.69) is 4.90 Å². The van der Waals surface area contributed by atoms with Crippen LogP contribution in [0.15, 0.2) is 0 Å². The van der Waals surface area contributed by atoms with Crippen LogP contribution in [0, 0.1) is 0 Å². The minimum atomic E-state index is 0.217. The molecule has 0 rings (SSSR count). The molecule has 1 atom stereocenters. The lowest BCUT2D eigenvalue weighted by atomic mass is 10.3. The van der Waals surface area contributed by atoms with Crippen molar-refractivity contribution in [2.75, 3.05) is 47.1 Å². The van der Waals surface area contributed by atoms with Gasteiger partial charge in [0, 0.05) is 46.5 Å². The Morgan fingerprint density at radius 1 is 1.14 bits per heavy atom. The third kappa shape index (κ3) is 8.44. The fourth-order valence-corrected chi connectivity index (χ4v) is 1.35. The van der Waals surface area contributed by atoms with Crippen molar-refractivity contribution in [2.24, 2.45) is 5.73 Å². The lowest BCUT2D eigenvalue weighted by molar-refractivity contribution is 0.130. The molecular formula is C10H24N2O2. The van der Waals surface area contributed by atoms with E-state index in [4.69, 9.17) is 15.2 Å². The fourth-order valence-electron chi connectivity index (χ4n) is 1.35. The van der Waals surface area contributed by atoms with E-state index >= 15 is 0 Å². The van der Waals surface area contributed by atoms with Gasteiger partial charge in [-0.05, 0) is 13.3 Å². The monoisotopic (exact) mass is 204 g/mol. The van der Waals surface area contributed by atoms with Crippen LogP contribution in [-0.2, 0) is 9.47 Å². The molecule has 4 nitrogen and oxygen atoms in total. The van der Waals surface area contributed by atoms with E-state index in [0.29, 0.717) is 0 Å². The zero-order chi connectivity index (χ0) is 10.8. The molecule has 0 saturated carbocycles. The molecule has 0 aliphatic rings. The van der Waals surface area contributed by atoms with Crippen molar-refractivity contribution in [3.05, 3.63) is 0 Å². The molecule has 0 aromatic rings. The van der Waals surface area contributed by atoms with Gasteiger partial charge >= 0.3 is 0 Å². The molecule has 0 saturated heterocycles. The molecule has 0 aromatic heterocycles. The summed E-state index contributed by atoms with van der Waals surface area (Å²) in [4.78, 5) is 2.31. The molecule has 0 aliphatic carbocycles. The molecule has 0 amide bonds. The van der Waals surface area contributed by atoms with Gasteiger partial charge in [-0.15, -0.1) is 0 Å². The minimum Gasteiger partial charge on any atom is -0.385 e. The number of nitrogens with zero attached hydrogens (tertiary/aromatic N) is 1. The quantitative estimate of drug-likeness (QED) is 0.549. The van der Waals surface area contributed by atoms with Gasteiger partial charge in [-0.3, -0.25) is 4.90 Å². The molecule has 0 spiro atoms. The van der Waals surface area contributed by atoms with E-state index in [1.807, 2.05) is 6.92 Å². The highest BCUT2D eigenvalue weighted by molar-refractivity contribution is 4.63. The zero-order valence-corrected chi connectivity index (χ0v) is 9.66. The number of ether oxygens (including phenoxy) is 2. The number of methoxy groups -OCH3 is 2. The van der Waals surface area contributed by atoms with Gasteiger partial charge in [0.25, 0.3) is 0 Å². The first kappa shape index (κ1) is 13.8. The van der Waals surface area contributed by atoms with Crippen LogP contribution in [-0.4, -0.2) is 58.0 Å². The summed E-state index contributed by atoms with van der Waals surface area (Å²) in [6.07, 6.45) is 1.05. The Hall–Kier alpha value is -0.160. The summed E-state index contributed by atoms with van der Waals surface area (Å²) in [5.74, 6) is 0. The summed E-state index contributed by atoms with van der Waals surface area (Å²) in [6, 6.07) is 0.217. The lowest BCUT2D eigenvalue weighted by Gasteiger charge is -2.23. The number of nitrogens with two attached hydrogens (primary N) is 1. The van der Waals surface area contributed by atoms with Crippen LogP contribution in [0.25, 0.3) is 0 Å². The van der Waals surface area contributed by atoms with E-state index in [9.17, 15) is 0 Å². The highest BCUT2D eigenvalue weighted by atomic mass is 16.5. The summed E-state index contributed by atoms with van der Waals surface area (Å²) in [6.45, 7) is 6.49. The Balaban J connectivity index is 3.61.